The number of rotatable bonds is 14. The van der Waals surface area contributed by atoms with Gasteiger partial charge in [0.1, 0.15) is 0 Å². The van der Waals surface area contributed by atoms with Crippen LogP contribution in [0.5, 0.6) is 0 Å². The van der Waals surface area contributed by atoms with E-state index in [0.29, 0.717) is 47.3 Å². The van der Waals surface area contributed by atoms with Crippen LogP contribution >= 0.6 is 0 Å². The molecule has 2 heterocycles. The molecule has 5 aromatic rings. The van der Waals surface area contributed by atoms with Crippen LogP contribution < -0.4 is 26.2 Å². The van der Waals surface area contributed by atoms with Gasteiger partial charge in [-0.25, -0.2) is 0 Å². The Hall–Kier alpha value is -4.24. The van der Waals surface area contributed by atoms with Gasteiger partial charge in [-0.05, 0) is 160 Å². The quantitative estimate of drug-likeness (QED) is 0.102. The summed E-state index contributed by atoms with van der Waals surface area (Å²) in [7, 11) is 0. The van der Waals surface area contributed by atoms with Gasteiger partial charge in [0.15, 0.2) is 0 Å². The minimum Gasteiger partial charge on any atom is -0.311 e. The van der Waals surface area contributed by atoms with Crippen LogP contribution in [0, 0.1) is 23.7 Å². The van der Waals surface area contributed by atoms with E-state index in [4.69, 9.17) is 0 Å². The molecule has 0 spiro atoms. The Balaban J connectivity index is 1.46. The van der Waals surface area contributed by atoms with Crippen molar-refractivity contribution in [2.75, 3.05) is 9.80 Å². The molecule has 7 rings (SSSR count). The Morgan fingerprint density at radius 3 is 1.02 bits per heavy atom. The average molecular weight is 757 g/mol. The lowest BCUT2D eigenvalue weighted by Crippen LogP contribution is -2.61. The molecule has 5 aromatic carbocycles. The van der Waals surface area contributed by atoms with Crippen LogP contribution in [-0.4, -0.2) is 6.71 Å². The van der Waals surface area contributed by atoms with Gasteiger partial charge in [-0.1, -0.05) is 138 Å². The van der Waals surface area contributed by atoms with Gasteiger partial charge in [0.25, 0.3) is 6.71 Å². The highest BCUT2D eigenvalue weighted by molar-refractivity contribution is 7.00. The Labute approximate surface area is 347 Å². The third-order valence-corrected chi connectivity index (χ3v) is 12.9. The van der Waals surface area contributed by atoms with E-state index in [1.807, 2.05) is 0 Å². The van der Waals surface area contributed by atoms with E-state index in [0.717, 1.165) is 0 Å². The van der Waals surface area contributed by atoms with Crippen LogP contribution in [0.3, 0.4) is 0 Å². The van der Waals surface area contributed by atoms with Crippen molar-refractivity contribution in [2.24, 2.45) is 23.7 Å². The van der Waals surface area contributed by atoms with Crippen molar-refractivity contribution in [3.8, 4) is 0 Å². The van der Waals surface area contributed by atoms with Crippen LogP contribution in [0.25, 0.3) is 0 Å². The highest BCUT2D eigenvalue weighted by Gasteiger charge is 2.43. The van der Waals surface area contributed by atoms with Crippen molar-refractivity contribution in [2.45, 2.75) is 132 Å². The molecule has 0 amide bonds. The normalized spacial score (nSPS) is 15.5. The molecule has 2 aliphatic heterocycles. The third kappa shape index (κ3) is 8.37. The Morgan fingerprint density at radius 1 is 0.368 bits per heavy atom. The number of fused-ring (bicyclic) bond motifs is 4. The summed E-state index contributed by atoms with van der Waals surface area (Å²) in [5, 5.41) is 0. The lowest BCUT2D eigenvalue weighted by atomic mass is 9.33. The number of nitrogens with zero attached hydrogens (tertiary/aromatic N) is 2. The van der Waals surface area contributed by atoms with E-state index in [-0.39, 0.29) is 6.71 Å². The molecular formula is C54H69BN2. The Kier molecular flexibility index (Phi) is 12.2. The average Bonchev–Trinajstić information content (AvgIpc) is 3.16. The lowest BCUT2D eigenvalue weighted by molar-refractivity contribution is 0.523. The fourth-order valence-electron chi connectivity index (χ4n) is 10.4. The first-order valence-electron chi connectivity index (χ1n) is 22.4. The first-order chi connectivity index (χ1) is 27.2. The molecular weight excluding hydrogens is 687 g/mol. The summed E-state index contributed by atoms with van der Waals surface area (Å²) in [5.74, 6) is 4.66. The van der Waals surface area contributed by atoms with Crippen molar-refractivity contribution in [3.05, 3.63) is 125 Å². The minimum absolute atomic E-state index is 0.127. The number of hydrogen-bond donors (Lipinski definition) is 0. The van der Waals surface area contributed by atoms with Crippen molar-refractivity contribution in [1.29, 1.82) is 0 Å². The summed E-state index contributed by atoms with van der Waals surface area (Å²) in [6.45, 7) is 28.5. The maximum absolute atomic E-state index is 2.59. The van der Waals surface area contributed by atoms with Crippen LogP contribution in [0.15, 0.2) is 103 Å². The van der Waals surface area contributed by atoms with Gasteiger partial charge in [-0.3, -0.25) is 0 Å². The predicted octanol–water partition coefficient (Wildman–Crippen LogP) is 14.4. The molecule has 0 aromatic heterocycles. The first-order valence-corrected chi connectivity index (χ1v) is 22.4. The van der Waals surface area contributed by atoms with E-state index in [1.165, 1.54) is 98.4 Å². The summed E-state index contributed by atoms with van der Waals surface area (Å²) in [4.78, 5) is 5.15. The Morgan fingerprint density at radius 2 is 0.684 bits per heavy atom. The number of hydrogen-bond acceptors (Lipinski definition) is 2. The molecule has 0 unspecified atom stereocenters. The molecule has 0 aliphatic carbocycles. The van der Waals surface area contributed by atoms with E-state index < -0.39 is 0 Å². The molecule has 2 nitrogen and oxygen atoms in total. The molecule has 2 aliphatic rings. The molecule has 0 fully saturated rings. The smallest absolute Gasteiger partial charge is 0.252 e. The second-order valence-corrected chi connectivity index (χ2v) is 19.8. The summed E-state index contributed by atoms with van der Waals surface area (Å²) < 4.78 is 0. The number of benzene rings is 5. The zero-order valence-corrected chi connectivity index (χ0v) is 37.2. The van der Waals surface area contributed by atoms with Crippen molar-refractivity contribution in [3.63, 3.8) is 0 Å². The fourth-order valence-corrected chi connectivity index (χ4v) is 10.4. The molecule has 0 saturated carbocycles. The zero-order valence-electron chi connectivity index (χ0n) is 37.2. The minimum atomic E-state index is 0.127. The highest BCUT2D eigenvalue weighted by Crippen LogP contribution is 2.45. The lowest BCUT2D eigenvalue weighted by Gasteiger charge is -2.44. The standard InChI is InChI=1S/C54H69BN2/c1-34(2)28-38(9)42-16-22-46(23-17-42)56-50-26-20-44(40(11)30-36(5)6)32-48(50)55-49-33-45(41(12)31-37(7)8)21-27-51(49)57(53-15-13-14-52(56)54(53)55)47-24-18-43(19-25-47)39(10)29-35(3)4/h13-27,32-41H,28-31H2,1-12H3/t38-,39+,40-,41+. The van der Waals surface area contributed by atoms with Crippen molar-refractivity contribution >= 4 is 57.2 Å². The van der Waals surface area contributed by atoms with Gasteiger partial charge >= 0.3 is 0 Å². The predicted molar refractivity (Wildman–Crippen MR) is 252 cm³/mol. The summed E-state index contributed by atoms with van der Waals surface area (Å²) in [6.07, 6.45) is 4.75. The van der Waals surface area contributed by atoms with E-state index in [2.05, 4.69) is 196 Å². The maximum atomic E-state index is 2.59. The first kappa shape index (κ1) is 40.9. The summed E-state index contributed by atoms with van der Waals surface area (Å²) in [5.41, 5.74) is 17.6. The number of anilines is 6. The molecule has 0 bridgehead atoms. The monoisotopic (exact) mass is 757 g/mol. The molecule has 298 valence electrons. The highest BCUT2D eigenvalue weighted by atomic mass is 15.2. The maximum Gasteiger partial charge on any atom is 0.252 e. The van der Waals surface area contributed by atoms with Crippen molar-refractivity contribution < 1.29 is 0 Å². The molecule has 0 saturated heterocycles. The summed E-state index contributed by atoms with van der Waals surface area (Å²) in [6, 6.07) is 41.0. The van der Waals surface area contributed by atoms with Crippen LogP contribution in [0.1, 0.15) is 155 Å². The zero-order chi connectivity index (χ0) is 40.7. The molecule has 4 atom stereocenters. The topological polar surface area (TPSA) is 6.48 Å². The van der Waals surface area contributed by atoms with Crippen LogP contribution in [-0.2, 0) is 0 Å². The largest absolute Gasteiger partial charge is 0.311 e. The SMILES string of the molecule is CC(C)C[C@@H](C)c1ccc(N2c3ccc([C@H](C)CC(C)C)cc3B3c4cc([C@@H](C)CC(C)C)ccc4N(c4ccc([C@@H](C)CC(C)C)cc4)c4cccc2c43)cc1. The van der Waals surface area contributed by atoms with E-state index >= 15 is 0 Å². The van der Waals surface area contributed by atoms with E-state index in [1.54, 1.807) is 0 Å². The van der Waals surface area contributed by atoms with Gasteiger partial charge in [0.2, 0.25) is 0 Å². The third-order valence-electron chi connectivity index (χ3n) is 12.9. The van der Waals surface area contributed by atoms with Gasteiger partial charge in [-0.15, -0.1) is 0 Å². The van der Waals surface area contributed by atoms with Gasteiger partial charge in [0, 0.05) is 34.1 Å². The Bertz CT molecular complexity index is 1990. The second kappa shape index (κ2) is 16.9. The molecule has 3 heteroatoms. The van der Waals surface area contributed by atoms with E-state index in [9.17, 15) is 0 Å². The van der Waals surface area contributed by atoms with Gasteiger partial charge in [-0.2, -0.15) is 0 Å². The molecule has 0 N–H and O–H groups in total. The molecule has 57 heavy (non-hydrogen) atoms. The fraction of sp³-hybridized carbons (Fsp3) is 0.444. The van der Waals surface area contributed by atoms with Crippen LogP contribution in [0.2, 0.25) is 0 Å². The molecule has 0 radical (unpaired) electrons. The summed E-state index contributed by atoms with van der Waals surface area (Å²) >= 11 is 0. The van der Waals surface area contributed by atoms with Gasteiger partial charge in [0.05, 0.1) is 0 Å². The van der Waals surface area contributed by atoms with Crippen LogP contribution in [0.4, 0.5) is 34.1 Å². The second-order valence-electron chi connectivity index (χ2n) is 19.8. The van der Waals surface area contributed by atoms with Gasteiger partial charge < -0.3 is 9.80 Å². The van der Waals surface area contributed by atoms with Crippen molar-refractivity contribution in [1.82, 2.24) is 0 Å².